The molecule has 2 heteroatoms. The predicted octanol–water partition coefficient (Wildman–Crippen LogP) is 1.97. The van der Waals surface area contributed by atoms with Gasteiger partial charge in [0.25, 0.3) is 0 Å². The van der Waals surface area contributed by atoms with E-state index in [4.69, 9.17) is 0 Å². The molecular formula is C12H19NO. The van der Waals surface area contributed by atoms with Gasteiger partial charge in [0.15, 0.2) is 0 Å². The fourth-order valence-electron chi connectivity index (χ4n) is 3.21. The monoisotopic (exact) mass is 193 g/mol. The van der Waals surface area contributed by atoms with Crippen LogP contribution in [0.25, 0.3) is 0 Å². The lowest BCUT2D eigenvalue weighted by molar-refractivity contribution is -0.120. The number of hydrogen-bond donors (Lipinski definition) is 1. The topological polar surface area (TPSA) is 29.1 Å². The number of allylic oxidation sites excluding steroid dienone is 1. The second kappa shape index (κ2) is 3.41. The average molecular weight is 193 g/mol. The van der Waals surface area contributed by atoms with Crippen LogP contribution in [-0.4, -0.2) is 11.9 Å². The lowest BCUT2D eigenvalue weighted by atomic mass is 9.80. The highest BCUT2D eigenvalue weighted by Crippen LogP contribution is 2.46. The van der Waals surface area contributed by atoms with E-state index in [0.29, 0.717) is 29.7 Å². The number of carbonyl (C=O) groups is 1. The van der Waals surface area contributed by atoms with Crippen molar-refractivity contribution < 1.29 is 4.79 Å². The van der Waals surface area contributed by atoms with E-state index in [1.807, 2.05) is 0 Å². The van der Waals surface area contributed by atoms with Crippen LogP contribution in [0.1, 0.15) is 27.2 Å². The van der Waals surface area contributed by atoms with Crippen LogP contribution in [-0.2, 0) is 4.79 Å². The third-order valence-corrected chi connectivity index (χ3v) is 3.66. The van der Waals surface area contributed by atoms with Crippen molar-refractivity contribution in [1.82, 2.24) is 5.32 Å². The second-order valence-electron chi connectivity index (χ2n) is 5.00. The maximum Gasteiger partial charge on any atom is 0.217 e. The normalized spacial score (nSPS) is 39.4. The van der Waals surface area contributed by atoms with Gasteiger partial charge in [-0.25, -0.2) is 0 Å². The molecule has 0 spiro atoms. The third-order valence-electron chi connectivity index (χ3n) is 3.66. The van der Waals surface area contributed by atoms with Gasteiger partial charge in [-0.05, 0) is 30.1 Å². The Hall–Kier alpha value is -0.790. The summed E-state index contributed by atoms with van der Waals surface area (Å²) in [4.78, 5) is 11.1. The number of rotatable bonds is 2. The molecule has 2 unspecified atom stereocenters. The molecule has 78 valence electrons. The van der Waals surface area contributed by atoms with Crippen molar-refractivity contribution in [2.75, 3.05) is 0 Å². The summed E-state index contributed by atoms with van der Waals surface area (Å²) in [5, 5.41) is 3.11. The number of fused-ring (bicyclic) bond motifs is 2. The number of amides is 1. The van der Waals surface area contributed by atoms with Gasteiger partial charge in [-0.1, -0.05) is 26.0 Å². The lowest BCUT2D eigenvalue weighted by Crippen LogP contribution is -2.43. The van der Waals surface area contributed by atoms with Crippen molar-refractivity contribution in [2.24, 2.45) is 23.7 Å². The van der Waals surface area contributed by atoms with Crippen LogP contribution < -0.4 is 5.32 Å². The summed E-state index contributed by atoms with van der Waals surface area (Å²) >= 11 is 0. The average Bonchev–Trinajstić information content (AvgIpc) is 2.61. The molecule has 0 aliphatic heterocycles. The number of carbonyl (C=O) groups excluding carboxylic acids is 1. The summed E-state index contributed by atoms with van der Waals surface area (Å²) in [7, 11) is 0. The van der Waals surface area contributed by atoms with Crippen molar-refractivity contribution in [2.45, 2.75) is 33.2 Å². The van der Waals surface area contributed by atoms with Gasteiger partial charge < -0.3 is 5.32 Å². The highest BCUT2D eigenvalue weighted by molar-refractivity contribution is 5.73. The van der Waals surface area contributed by atoms with Gasteiger partial charge in [-0.3, -0.25) is 4.79 Å². The molecule has 0 aromatic rings. The molecule has 0 heterocycles. The van der Waals surface area contributed by atoms with Gasteiger partial charge in [0, 0.05) is 13.0 Å². The Kier molecular flexibility index (Phi) is 2.38. The first-order valence-electron chi connectivity index (χ1n) is 5.55. The van der Waals surface area contributed by atoms with E-state index in [1.165, 1.54) is 6.42 Å². The van der Waals surface area contributed by atoms with Gasteiger partial charge in [0.05, 0.1) is 0 Å². The summed E-state index contributed by atoms with van der Waals surface area (Å²) in [5.41, 5.74) is 0. The predicted molar refractivity (Wildman–Crippen MR) is 56.7 cm³/mol. The fourth-order valence-corrected chi connectivity index (χ4v) is 3.21. The van der Waals surface area contributed by atoms with E-state index < -0.39 is 0 Å². The largest absolute Gasteiger partial charge is 0.353 e. The molecular weight excluding hydrogens is 174 g/mol. The second-order valence-corrected chi connectivity index (χ2v) is 5.00. The van der Waals surface area contributed by atoms with E-state index in [9.17, 15) is 4.79 Å². The Bertz CT molecular complexity index is 269. The van der Waals surface area contributed by atoms with Crippen LogP contribution >= 0.6 is 0 Å². The molecule has 1 N–H and O–H groups in total. The third kappa shape index (κ3) is 1.47. The van der Waals surface area contributed by atoms with Crippen molar-refractivity contribution >= 4 is 5.91 Å². The van der Waals surface area contributed by atoms with Gasteiger partial charge in [0.1, 0.15) is 0 Å². The van der Waals surface area contributed by atoms with Gasteiger partial charge in [-0.2, -0.15) is 0 Å². The van der Waals surface area contributed by atoms with Gasteiger partial charge in [0.2, 0.25) is 5.91 Å². The minimum atomic E-state index is 0.113. The molecule has 0 aromatic heterocycles. The molecule has 1 amide bonds. The van der Waals surface area contributed by atoms with Crippen LogP contribution in [0.15, 0.2) is 12.2 Å². The Morgan fingerprint density at radius 2 is 2.00 bits per heavy atom. The zero-order valence-electron chi connectivity index (χ0n) is 9.16. The molecule has 2 aliphatic carbocycles. The number of hydrogen-bond acceptors (Lipinski definition) is 1. The maximum atomic E-state index is 11.1. The first-order chi connectivity index (χ1) is 6.59. The van der Waals surface area contributed by atoms with E-state index in [2.05, 4.69) is 31.3 Å². The summed E-state index contributed by atoms with van der Waals surface area (Å²) in [6.45, 7) is 6.13. The van der Waals surface area contributed by atoms with E-state index in [1.54, 1.807) is 6.92 Å². The van der Waals surface area contributed by atoms with Gasteiger partial charge in [-0.15, -0.1) is 0 Å². The highest BCUT2D eigenvalue weighted by atomic mass is 16.1. The molecule has 2 nitrogen and oxygen atoms in total. The van der Waals surface area contributed by atoms with Crippen LogP contribution in [0.5, 0.6) is 0 Å². The quantitative estimate of drug-likeness (QED) is 0.667. The minimum Gasteiger partial charge on any atom is -0.353 e. The van der Waals surface area contributed by atoms with Crippen LogP contribution in [0.2, 0.25) is 0 Å². The van der Waals surface area contributed by atoms with Crippen molar-refractivity contribution in [1.29, 1.82) is 0 Å². The van der Waals surface area contributed by atoms with Crippen molar-refractivity contribution in [3.63, 3.8) is 0 Å². The zero-order valence-corrected chi connectivity index (χ0v) is 9.16. The Balaban J connectivity index is 2.14. The summed E-state index contributed by atoms with van der Waals surface area (Å²) in [6, 6.07) is 0.391. The summed E-state index contributed by atoms with van der Waals surface area (Å²) in [6.07, 6.45) is 5.87. The lowest BCUT2D eigenvalue weighted by Gasteiger charge is -2.31. The first-order valence-corrected chi connectivity index (χ1v) is 5.55. The molecule has 1 fully saturated rings. The standard InChI is InChI=1S/C12H19NO/c1-7(2)11-9-4-5-10(6-9)12(11)13-8(3)14/h4-5,7,9-12H,6H2,1-3H3,(H,13,14)/t9?,10?,11-,12-/m0/s1. The smallest absolute Gasteiger partial charge is 0.217 e. The molecule has 4 atom stereocenters. The number of nitrogens with one attached hydrogen (secondary N) is 1. The molecule has 2 aliphatic rings. The first kappa shape index (κ1) is 9.75. The minimum absolute atomic E-state index is 0.113. The molecule has 2 rings (SSSR count). The Labute approximate surface area is 85.8 Å². The van der Waals surface area contributed by atoms with Crippen LogP contribution in [0.4, 0.5) is 0 Å². The molecule has 1 saturated carbocycles. The van der Waals surface area contributed by atoms with Crippen LogP contribution in [0.3, 0.4) is 0 Å². The maximum absolute atomic E-state index is 11.1. The van der Waals surface area contributed by atoms with Crippen LogP contribution in [0, 0.1) is 23.7 Å². The molecule has 0 radical (unpaired) electrons. The SMILES string of the molecule is CC(=O)N[C@H]1C2C=CC(C2)[C@@H]1C(C)C. The summed E-state index contributed by atoms with van der Waals surface area (Å²) in [5.74, 6) is 2.72. The van der Waals surface area contributed by atoms with Gasteiger partial charge >= 0.3 is 0 Å². The molecule has 0 aromatic carbocycles. The molecule has 2 bridgehead atoms. The molecule has 14 heavy (non-hydrogen) atoms. The van der Waals surface area contributed by atoms with Crippen molar-refractivity contribution in [3.8, 4) is 0 Å². The summed E-state index contributed by atoms with van der Waals surface area (Å²) < 4.78 is 0. The fraction of sp³-hybridized carbons (Fsp3) is 0.750. The van der Waals surface area contributed by atoms with E-state index in [-0.39, 0.29) is 5.91 Å². The Morgan fingerprint density at radius 1 is 1.36 bits per heavy atom. The zero-order chi connectivity index (χ0) is 10.3. The van der Waals surface area contributed by atoms with E-state index in [0.717, 1.165) is 0 Å². The van der Waals surface area contributed by atoms with Crippen molar-refractivity contribution in [3.05, 3.63) is 12.2 Å². The highest BCUT2D eigenvalue weighted by Gasteiger charge is 2.45. The molecule has 0 saturated heterocycles. The van der Waals surface area contributed by atoms with E-state index >= 15 is 0 Å². The Morgan fingerprint density at radius 3 is 2.57 bits per heavy atom.